The summed E-state index contributed by atoms with van der Waals surface area (Å²) in [6.45, 7) is 1.95. The SMILES string of the molecule is Cc1ccc(C#CC2=C(N[S+]([O-])c3ccc4c(c3)c3ccccc3n4C)CCC=C2)cn1. The number of aryl methyl sites for hydroxylation is 2. The molecular weight excluding hydrogens is 414 g/mol. The minimum Gasteiger partial charge on any atom is -0.588 e. The van der Waals surface area contributed by atoms with E-state index in [1.807, 2.05) is 55.5 Å². The largest absolute Gasteiger partial charge is 0.588 e. The van der Waals surface area contributed by atoms with E-state index < -0.39 is 11.4 Å². The molecule has 5 heteroatoms. The van der Waals surface area contributed by atoms with Gasteiger partial charge in [0.05, 0.1) is 5.70 Å². The molecule has 4 aromatic rings. The smallest absolute Gasteiger partial charge is 0.180 e. The minimum atomic E-state index is -1.37. The van der Waals surface area contributed by atoms with Crippen molar-refractivity contribution in [2.75, 3.05) is 0 Å². The number of aromatic nitrogens is 2. The van der Waals surface area contributed by atoms with Crippen LogP contribution in [0.2, 0.25) is 0 Å². The van der Waals surface area contributed by atoms with Crippen molar-refractivity contribution in [3.05, 3.63) is 95.5 Å². The summed E-state index contributed by atoms with van der Waals surface area (Å²) < 4.78 is 18.6. The van der Waals surface area contributed by atoms with Crippen LogP contribution in [0, 0.1) is 18.8 Å². The van der Waals surface area contributed by atoms with Gasteiger partial charge >= 0.3 is 0 Å². The van der Waals surface area contributed by atoms with Crippen LogP contribution in [-0.2, 0) is 18.4 Å². The summed E-state index contributed by atoms with van der Waals surface area (Å²) in [6.07, 6.45) is 7.58. The van der Waals surface area contributed by atoms with Crippen molar-refractivity contribution in [3.63, 3.8) is 0 Å². The van der Waals surface area contributed by atoms with Crippen LogP contribution in [0.1, 0.15) is 24.1 Å². The van der Waals surface area contributed by atoms with Crippen molar-refractivity contribution in [2.45, 2.75) is 24.7 Å². The van der Waals surface area contributed by atoms with Crippen molar-refractivity contribution in [1.82, 2.24) is 14.3 Å². The molecule has 0 aliphatic heterocycles. The van der Waals surface area contributed by atoms with E-state index in [0.717, 1.165) is 51.2 Å². The molecule has 32 heavy (non-hydrogen) atoms. The molecule has 2 heterocycles. The van der Waals surface area contributed by atoms with Crippen molar-refractivity contribution in [1.29, 1.82) is 0 Å². The molecule has 2 aromatic heterocycles. The number of nitrogens with one attached hydrogen (secondary N) is 1. The van der Waals surface area contributed by atoms with E-state index in [0.29, 0.717) is 0 Å². The van der Waals surface area contributed by atoms with Crippen LogP contribution in [0.5, 0.6) is 0 Å². The van der Waals surface area contributed by atoms with E-state index in [1.165, 1.54) is 10.9 Å². The zero-order chi connectivity index (χ0) is 22.1. The molecule has 1 aliphatic carbocycles. The maximum Gasteiger partial charge on any atom is 0.180 e. The Hall–Kier alpha value is -3.46. The number of benzene rings is 2. The Bertz CT molecular complexity index is 1440. The van der Waals surface area contributed by atoms with E-state index >= 15 is 0 Å². The van der Waals surface area contributed by atoms with Crippen molar-refractivity contribution in [2.24, 2.45) is 7.05 Å². The Morgan fingerprint density at radius 2 is 1.88 bits per heavy atom. The molecule has 0 radical (unpaired) electrons. The third-order valence-electron chi connectivity index (χ3n) is 5.74. The average Bonchev–Trinajstić information content (AvgIpc) is 3.11. The van der Waals surface area contributed by atoms with Crippen LogP contribution in [-0.4, -0.2) is 14.1 Å². The van der Waals surface area contributed by atoms with E-state index in [1.54, 1.807) is 6.20 Å². The predicted molar refractivity (Wildman–Crippen MR) is 131 cm³/mol. The van der Waals surface area contributed by atoms with Crippen LogP contribution >= 0.6 is 0 Å². The number of hydrogen-bond acceptors (Lipinski definition) is 3. The molecule has 0 saturated heterocycles. The molecule has 1 atom stereocenters. The molecule has 0 bridgehead atoms. The normalized spacial score (nSPS) is 14.5. The van der Waals surface area contributed by atoms with Gasteiger partial charge in [-0.25, -0.2) is 4.72 Å². The third-order valence-corrected chi connectivity index (χ3v) is 6.85. The van der Waals surface area contributed by atoms with Gasteiger partial charge in [-0.1, -0.05) is 36.1 Å². The second-order valence-electron chi connectivity index (χ2n) is 7.90. The van der Waals surface area contributed by atoms with Gasteiger partial charge in [0.1, 0.15) is 11.4 Å². The number of nitrogens with zero attached hydrogens (tertiary/aromatic N) is 2. The Morgan fingerprint density at radius 1 is 1.03 bits per heavy atom. The van der Waals surface area contributed by atoms with Crippen LogP contribution in [0.3, 0.4) is 0 Å². The summed E-state index contributed by atoms with van der Waals surface area (Å²) in [7, 11) is 2.06. The lowest BCUT2D eigenvalue weighted by Gasteiger charge is -2.17. The molecular formula is C27H23N3OS. The Labute approximate surface area is 191 Å². The van der Waals surface area contributed by atoms with Gasteiger partial charge in [0, 0.05) is 57.9 Å². The van der Waals surface area contributed by atoms with Crippen LogP contribution in [0.25, 0.3) is 21.8 Å². The quantitative estimate of drug-likeness (QED) is 0.349. The first kappa shape index (κ1) is 20.4. The zero-order valence-corrected chi connectivity index (χ0v) is 18.9. The average molecular weight is 438 g/mol. The number of rotatable bonds is 3. The molecule has 0 amide bonds. The maximum absolute atomic E-state index is 13.2. The molecule has 5 rings (SSSR count). The fraction of sp³-hybridized carbons (Fsp3) is 0.148. The van der Waals surface area contributed by atoms with E-state index in [2.05, 4.69) is 51.4 Å². The third kappa shape index (κ3) is 3.91. The zero-order valence-electron chi connectivity index (χ0n) is 18.1. The van der Waals surface area contributed by atoms with Crippen LogP contribution in [0.4, 0.5) is 0 Å². The van der Waals surface area contributed by atoms with Crippen molar-refractivity contribution in [3.8, 4) is 11.8 Å². The highest BCUT2D eigenvalue weighted by molar-refractivity contribution is 7.89. The van der Waals surface area contributed by atoms with Gasteiger partial charge in [-0.15, -0.1) is 0 Å². The van der Waals surface area contributed by atoms with Gasteiger partial charge in [0.15, 0.2) is 4.90 Å². The Balaban J connectivity index is 1.45. The molecule has 0 fully saturated rings. The molecule has 2 aromatic carbocycles. The molecule has 1 aliphatic rings. The summed E-state index contributed by atoms with van der Waals surface area (Å²) in [4.78, 5) is 5.05. The first-order valence-corrected chi connectivity index (χ1v) is 11.7. The van der Waals surface area contributed by atoms with E-state index in [-0.39, 0.29) is 0 Å². The molecule has 1 N–H and O–H groups in total. The van der Waals surface area contributed by atoms with Gasteiger partial charge in [-0.05, 0) is 56.2 Å². The Kier molecular flexibility index (Phi) is 5.48. The second kappa shape index (κ2) is 8.58. The number of fused-ring (bicyclic) bond motifs is 3. The number of para-hydroxylation sites is 1. The standard InChI is InChI=1S/C27H23N3OS/c1-19-11-12-20(18-28-19)13-14-21-7-3-5-9-25(21)29-32(31)22-15-16-27-24(17-22)23-8-4-6-10-26(23)30(27)2/h3-4,6-8,10-12,15-18,29H,5,9H2,1-2H3. The molecule has 1 unspecified atom stereocenters. The van der Waals surface area contributed by atoms with Gasteiger partial charge in [-0.2, -0.15) is 0 Å². The maximum atomic E-state index is 13.2. The van der Waals surface area contributed by atoms with Crippen molar-refractivity contribution >= 4 is 33.2 Å². The van der Waals surface area contributed by atoms with Gasteiger partial charge in [0.25, 0.3) is 0 Å². The lowest BCUT2D eigenvalue weighted by molar-refractivity contribution is 0.585. The first-order valence-electron chi connectivity index (χ1n) is 10.6. The van der Waals surface area contributed by atoms with Crippen LogP contribution < -0.4 is 4.72 Å². The van der Waals surface area contributed by atoms with Crippen LogP contribution in [0.15, 0.2) is 89.1 Å². The first-order chi connectivity index (χ1) is 15.6. The summed E-state index contributed by atoms with van der Waals surface area (Å²) in [5.74, 6) is 6.39. The highest BCUT2D eigenvalue weighted by Crippen LogP contribution is 2.30. The summed E-state index contributed by atoms with van der Waals surface area (Å²) in [5.41, 5.74) is 5.91. The number of allylic oxidation sites excluding steroid dienone is 4. The predicted octanol–water partition coefficient (Wildman–Crippen LogP) is 5.30. The monoisotopic (exact) mass is 437 g/mol. The number of pyridine rings is 1. The van der Waals surface area contributed by atoms with E-state index in [9.17, 15) is 4.55 Å². The fourth-order valence-corrected chi connectivity index (χ4v) is 4.97. The van der Waals surface area contributed by atoms with Gasteiger partial charge in [0.2, 0.25) is 0 Å². The lowest BCUT2D eigenvalue weighted by Crippen LogP contribution is -2.25. The van der Waals surface area contributed by atoms with Gasteiger partial charge in [-0.3, -0.25) is 4.98 Å². The Morgan fingerprint density at radius 3 is 2.72 bits per heavy atom. The fourth-order valence-electron chi connectivity index (χ4n) is 4.00. The highest BCUT2D eigenvalue weighted by atomic mass is 32.2. The molecule has 0 spiro atoms. The van der Waals surface area contributed by atoms with Gasteiger partial charge < -0.3 is 9.12 Å². The lowest BCUT2D eigenvalue weighted by atomic mass is 10.0. The topological polar surface area (TPSA) is 52.9 Å². The van der Waals surface area contributed by atoms with E-state index in [4.69, 9.17) is 0 Å². The summed E-state index contributed by atoms with van der Waals surface area (Å²) in [5, 5.41) is 2.28. The molecule has 0 saturated carbocycles. The summed E-state index contributed by atoms with van der Waals surface area (Å²) >= 11 is -1.37. The summed E-state index contributed by atoms with van der Waals surface area (Å²) in [6, 6.07) is 18.2. The van der Waals surface area contributed by atoms with Crippen molar-refractivity contribution < 1.29 is 4.55 Å². The molecule has 4 nitrogen and oxygen atoms in total. The second-order valence-corrected chi connectivity index (χ2v) is 9.11. The number of hydrogen-bond donors (Lipinski definition) is 1. The highest BCUT2D eigenvalue weighted by Gasteiger charge is 2.18. The minimum absolute atomic E-state index is 0.756. The molecule has 158 valence electrons.